The van der Waals surface area contributed by atoms with Crippen molar-refractivity contribution in [3.63, 3.8) is 0 Å². The average molecular weight is 467 g/mol. The highest BCUT2D eigenvalue weighted by atomic mass is 32.2. The molecular weight excluding hydrogens is 428 g/mol. The highest BCUT2D eigenvalue weighted by Crippen LogP contribution is 2.31. The van der Waals surface area contributed by atoms with E-state index in [2.05, 4.69) is 0 Å². The summed E-state index contributed by atoms with van der Waals surface area (Å²) < 4.78 is 37.0. The van der Waals surface area contributed by atoms with Gasteiger partial charge < -0.3 is 14.4 Å². The molecule has 2 aliphatic rings. The van der Waals surface area contributed by atoms with E-state index >= 15 is 0 Å². The van der Waals surface area contributed by atoms with Gasteiger partial charge in [0.15, 0.2) is 0 Å². The number of fused-ring (bicyclic) bond motifs is 1. The molecule has 0 aromatic heterocycles. The van der Waals surface area contributed by atoms with Crippen molar-refractivity contribution in [2.24, 2.45) is 5.92 Å². The molecule has 3 rings (SSSR count). The zero-order valence-corrected chi connectivity index (χ0v) is 20.5. The van der Waals surface area contributed by atoms with Crippen LogP contribution in [-0.2, 0) is 21.2 Å². The number of hydrogen-bond donors (Lipinski definition) is 0. The smallest absolute Gasteiger partial charge is 0.410 e. The molecule has 0 spiro atoms. The summed E-state index contributed by atoms with van der Waals surface area (Å²) in [4.78, 5) is 13.8. The molecule has 0 saturated carbocycles. The van der Waals surface area contributed by atoms with E-state index in [1.165, 1.54) is 10.6 Å². The number of sulfonamides is 1. The predicted octanol–water partition coefficient (Wildman–Crippen LogP) is 4.60. The van der Waals surface area contributed by atoms with Gasteiger partial charge in [-0.15, -0.1) is 0 Å². The van der Waals surface area contributed by atoms with E-state index in [1.54, 1.807) is 0 Å². The molecule has 0 N–H and O–H groups in total. The van der Waals surface area contributed by atoms with Crippen molar-refractivity contribution in [1.29, 1.82) is 0 Å². The molecule has 32 heavy (non-hydrogen) atoms. The number of anilines is 1. The Balaban J connectivity index is 1.39. The largest absolute Gasteiger partial charge is 0.494 e. The van der Waals surface area contributed by atoms with E-state index in [-0.39, 0.29) is 12.2 Å². The van der Waals surface area contributed by atoms with Crippen molar-refractivity contribution in [3.05, 3.63) is 23.8 Å². The van der Waals surface area contributed by atoms with Gasteiger partial charge in [-0.1, -0.05) is 6.42 Å². The van der Waals surface area contributed by atoms with Crippen LogP contribution in [0.15, 0.2) is 18.2 Å². The Morgan fingerprint density at radius 3 is 2.56 bits per heavy atom. The van der Waals surface area contributed by atoms with Crippen LogP contribution >= 0.6 is 0 Å². The zero-order chi connectivity index (χ0) is 23.1. The standard InChI is InChI=1S/C24H38N2O5S/c1-19(2)31-24(27)25-15-12-20(13-16-25)8-5-7-17-30-22-10-11-23-21(18-22)9-4-6-14-26(23)32(3,28)29/h10-11,18-20H,4-9,12-17H2,1-3H3. The second-order valence-electron chi connectivity index (χ2n) is 9.29. The molecule has 180 valence electrons. The SMILES string of the molecule is CC(C)OC(=O)N1CCC(CCCCOc2ccc3c(c2)CCCCN3S(C)(=O)=O)CC1. The van der Waals surface area contributed by atoms with Crippen molar-refractivity contribution >= 4 is 21.8 Å². The zero-order valence-electron chi connectivity index (χ0n) is 19.7. The lowest BCUT2D eigenvalue weighted by atomic mass is 9.92. The molecule has 2 heterocycles. The molecule has 0 radical (unpaired) electrons. The number of hydrogen-bond acceptors (Lipinski definition) is 5. The molecule has 7 nitrogen and oxygen atoms in total. The van der Waals surface area contributed by atoms with Crippen LogP contribution in [0.2, 0.25) is 0 Å². The molecule has 0 bridgehead atoms. The van der Waals surface area contributed by atoms with Gasteiger partial charge in [-0.25, -0.2) is 13.2 Å². The topological polar surface area (TPSA) is 76.2 Å². The quantitative estimate of drug-likeness (QED) is 0.524. The molecule has 1 amide bonds. The number of likely N-dealkylation sites (tertiary alicyclic amines) is 1. The van der Waals surface area contributed by atoms with Gasteiger partial charge in [0.1, 0.15) is 5.75 Å². The van der Waals surface area contributed by atoms with Gasteiger partial charge in [0.2, 0.25) is 10.0 Å². The molecular formula is C24H38N2O5S. The fourth-order valence-corrected chi connectivity index (χ4v) is 5.53. The van der Waals surface area contributed by atoms with E-state index < -0.39 is 10.0 Å². The predicted molar refractivity (Wildman–Crippen MR) is 127 cm³/mol. The lowest BCUT2D eigenvalue weighted by Gasteiger charge is -2.31. The van der Waals surface area contributed by atoms with Crippen molar-refractivity contribution in [2.75, 3.05) is 36.8 Å². The highest BCUT2D eigenvalue weighted by Gasteiger charge is 2.24. The number of piperidine rings is 1. The molecule has 0 atom stereocenters. The Hall–Kier alpha value is -1.96. The first-order chi connectivity index (χ1) is 15.2. The minimum Gasteiger partial charge on any atom is -0.494 e. The molecule has 0 aliphatic carbocycles. The number of carbonyl (C=O) groups is 1. The third kappa shape index (κ3) is 7.02. The van der Waals surface area contributed by atoms with Crippen LogP contribution in [0.4, 0.5) is 10.5 Å². The number of ether oxygens (including phenoxy) is 2. The Bertz CT molecular complexity index is 863. The number of carbonyl (C=O) groups excluding carboxylic acids is 1. The molecule has 1 saturated heterocycles. The average Bonchev–Trinajstić information content (AvgIpc) is 2.95. The third-order valence-corrected chi connectivity index (χ3v) is 7.44. The summed E-state index contributed by atoms with van der Waals surface area (Å²) in [5.41, 5.74) is 1.84. The summed E-state index contributed by atoms with van der Waals surface area (Å²) in [6.45, 7) is 6.53. The normalized spacial score (nSPS) is 17.8. The minimum atomic E-state index is -3.26. The second kappa shape index (κ2) is 11.3. The number of rotatable bonds is 8. The van der Waals surface area contributed by atoms with E-state index in [0.29, 0.717) is 19.1 Å². The first-order valence-corrected chi connectivity index (χ1v) is 13.8. The van der Waals surface area contributed by atoms with Crippen molar-refractivity contribution in [3.8, 4) is 5.75 Å². The van der Waals surface area contributed by atoms with Crippen LogP contribution < -0.4 is 9.04 Å². The molecule has 8 heteroatoms. The van der Waals surface area contributed by atoms with Crippen LogP contribution in [0, 0.1) is 5.92 Å². The monoisotopic (exact) mass is 466 g/mol. The third-order valence-electron chi connectivity index (χ3n) is 6.26. The van der Waals surface area contributed by atoms with Gasteiger partial charge in [-0.05, 0) is 88.5 Å². The van der Waals surface area contributed by atoms with E-state index in [1.807, 2.05) is 36.9 Å². The Morgan fingerprint density at radius 2 is 1.88 bits per heavy atom. The first-order valence-electron chi connectivity index (χ1n) is 11.9. The fraction of sp³-hybridized carbons (Fsp3) is 0.708. The Labute approximate surface area is 193 Å². The summed E-state index contributed by atoms with van der Waals surface area (Å²) in [6.07, 6.45) is 9.07. The summed E-state index contributed by atoms with van der Waals surface area (Å²) in [6, 6.07) is 5.77. The van der Waals surface area contributed by atoms with Gasteiger partial charge in [0.05, 0.1) is 24.7 Å². The minimum absolute atomic E-state index is 0.0709. The highest BCUT2D eigenvalue weighted by molar-refractivity contribution is 7.92. The summed E-state index contributed by atoms with van der Waals surface area (Å²) in [7, 11) is -3.26. The van der Waals surface area contributed by atoms with Gasteiger partial charge in [0.25, 0.3) is 0 Å². The molecule has 1 aromatic carbocycles. The van der Waals surface area contributed by atoms with Crippen molar-refractivity contribution < 1.29 is 22.7 Å². The van der Waals surface area contributed by atoms with E-state index in [4.69, 9.17) is 9.47 Å². The van der Waals surface area contributed by atoms with Crippen LogP contribution in [-0.4, -0.2) is 58.0 Å². The van der Waals surface area contributed by atoms with Crippen molar-refractivity contribution in [1.82, 2.24) is 4.90 Å². The maximum absolute atomic E-state index is 12.1. The van der Waals surface area contributed by atoms with Crippen LogP contribution in [0.5, 0.6) is 5.75 Å². The molecule has 1 aromatic rings. The summed E-state index contributed by atoms with van der Waals surface area (Å²) >= 11 is 0. The van der Waals surface area contributed by atoms with Crippen LogP contribution in [0.3, 0.4) is 0 Å². The van der Waals surface area contributed by atoms with E-state index in [9.17, 15) is 13.2 Å². The first kappa shape index (κ1) is 24.7. The fourth-order valence-electron chi connectivity index (χ4n) is 4.54. The molecule has 0 unspecified atom stereocenters. The second-order valence-corrected chi connectivity index (χ2v) is 11.2. The number of benzene rings is 1. The van der Waals surface area contributed by atoms with Gasteiger partial charge in [-0.2, -0.15) is 0 Å². The number of aryl methyl sites for hydroxylation is 1. The van der Waals surface area contributed by atoms with Gasteiger partial charge in [0, 0.05) is 19.6 Å². The summed E-state index contributed by atoms with van der Waals surface area (Å²) in [5.74, 6) is 1.48. The van der Waals surface area contributed by atoms with Gasteiger partial charge in [-0.3, -0.25) is 4.31 Å². The van der Waals surface area contributed by atoms with Crippen molar-refractivity contribution in [2.45, 2.75) is 71.3 Å². The maximum Gasteiger partial charge on any atom is 0.410 e. The maximum atomic E-state index is 12.1. The Kier molecular flexibility index (Phi) is 8.68. The lowest BCUT2D eigenvalue weighted by molar-refractivity contribution is 0.0645. The Morgan fingerprint density at radius 1 is 1.12 bits per heavy atom. The van der Waals surface area contributed by atoms with Crippen LogP contribution in [0.1, 0.15) is 64.4 Å². The van der Waals surface area contributed by atoms with Gasteiger partial charge >= 0.3 is 6.09 Å². The molecule has 1 fully saturated rings. The van der Waals surface area contributed by atoms with E-state index in [0.717, 1.165) is 81.5 Å². The number of amides is 1. The summed E-state index contributed by atoms with van der Waals surface area (Å²) in [5, 5.41) is 0. The lowest BCUT2D eigenvalue weighted by Crippen LogP contribution is -2.39. The number of nitrogens with zero attached hydrogens (tertiary/aromatic N) is 2. The van der Waals surface area contributed by atoms with Crippen LogP contribution in [0.25, 0.3) is 0 Å². The number of unbranched alkanes of at least 4 members (excludes halogenated alkanes) is 1. The molecule has 2 aliphatic heterocycles.